The standard InChI is InChI=1S/C24H26N4O3S/c1-12-6-5-7-16(8-12)22-21(26-15(4)32-22)24(30)28-11-17-9-18(17)19(28)10-25-23(29)20-13(2)27-31-14(20)3/h5-8,17-19H,9-11H2,1-4H3,(H,25,29)/t17-,18-,19+/m0/s1. The Balaban J connectivity index is 1.37. The van der Waals surface area contributed by atoms with Crippen LogP contribution in [0.4, 0.5) is 0 Å². The minimum Gasteiger partial charge on any atom is -0.361 e. The molecule has 2 amide bonds. The smallest absolute Gasteiger partial charge is 0.274 e. The quantitative estimate of drug-likeness (QED) is 0.636. The van der Waals surface area contributed by atoms with Gasteiger partial charge < -0.3 is 14.7 Å². The molecule has 166 valence electrons. The molecule has 2 aliphatic rings. The highest BCUT2D eigenvalue weighted by molar-refractivity contribution is 7.15. The highest BCUT2D eigenvalue weighted by atomic mass is 32.1. The van der Waals surface area contributed by atoms with E-state index in [4.69, 9.17) is 4.52 Å². The van der Waals surface area contributed by atoms with E-state index in [9.17, 15) is 9.59 Å². The van der Waals surface area contributed by atoms with E-state index >= 15 is 0 Å². The maximum Gasteiger partial charge on any atom is 0.274 e. The van der Waals surface area contributed by atoms with Gasteiger partial charge in [-0.2, -0.15) is 0 Å². The van der Waals surface area contributed by atoms with Gasteiger partial charge >= 0.3 is 0 Å². The van der Waals surface area contributed by atoms with E-state index in [0.717, 1.165) is 34.0 Å². The number of fused-ring (bicyclic) bond motifs is 1. The molecule has 0 spiro atoms. The fraction of sp³-hybridized carbons (Fsp3) is 0.417. The molecule has 3 aromatic rings. The van der Waals surface area contributed by atoms with Crippen LogP contribution in [0.25, 0.3) is 10.4 Å². The Morgan fingerprint density at radius 2 is 2.06 bits per heavy atom. The van der Waals surface area contributed by atoms with Gasteiger partial charge in [-0.25, -0.2) is 4.98 Å². The van der Waals surface area contributed by atoms with Gasteiger partial charge in [0.1, 0.15) is 17.0 Å². The number of hydrogen-bond acceptors (Lipinski definition) is 6. The third-order valence-electron chi connectivity index (χ3n) is 6.51. The number of amides is 2. The largest absolute Gasteiger partial charge is 0.361 e. The predicted molar refractivity (Wildman–Crippen MR) is 122 cm³/mol. The molecule has 1 aliphatic heterocycles. The van der Waals surface area contributed by atoms with Crippen LogP contribution in [0.1, 0.15) is 49.3 Å². The summed E-state index contributed by atoms with van der Waals surface area (Å²) in [6, 6.07) is 8.15. The number of nitrogens with one attached hydrogen (secondary N) is 1. The summed E-state index contributed by atoms with van der Waals surface area (Å²) in [6.45, 7) is 8.60. The van der Waals surface area contributed by atoms with Crippen LogP contribution >= 0.6 is 11.3 Å². The minimum absolute atomic E-state index is 0.0238. The van der Waals surface area contributed by atoms with Crippen molar-refractivity contribution >= 4 is 23.2 Å². The first-order valence-corrected chi connectivity index (χ1v) is 11.7. The summed E-state index contributed by atoms with van der Waals surface area (Å²) in [5.74, 6) is 1.20. The molecule has 0 bridgehead atoms. The SMILES string of the molecule is Cc1cccc(-c2sc(C)nc2C(=O)N2C[C@@H]3C[C@@H]3[C@H]2CNC(=O)c2c(C)noc2C)c1. The average Bonchev–Trinajstić information content (AvgIpc) is 3.08. The van der Waals surface area contributed by atoms with Gasteiger partial charge in [0, 0.05) is 13.1 Å². The summed E-state index contributed by atoms with van der Waals surface area (Å²) in [7, 11) is 0. The Morgan fingerprint density at radius 3 is 2.78 bits per heavy atom. The molecule has 3 heterocycles. The lowest BCUT2D eigenvalue weighted by atomic mass is 10.1. The molecule has 8 heteroatoms. The van der Waals surface area contributed by atoms with Gasteiger partial charge in [0.15, 0.2) is 0 Å². The van der Waals surface area contributed by atoms with Crippen LogP contribution in [-0.2, 0) is 0 Å². The Hall–Kier alpha value is -3.00. The molecular formula is C24H26N4O3S. The zero-order chi connectivity index (χ0) is 22.6. The molecule has 0 unspecified atom stereocenters. The lowest BCUT2D eigenvalue weighted by molar-refractivity contribution is 0.0690. The van der Waals surface area contributed by atoms with Crippen molar-refractivity contribution in [2.24, 2.45) is 11.8 Å². The molecule has 5 rings (SSSR count). The summed E-state index contributed by atoms with van der Waals surface area (Å²) in [6.07, 6.45) is 1.11. The molecule has 2 fully saturated rings. The fourth-order valence-electron chi connectivity index (χ4n) is 4.85. The topological polar surface area (TPSA) is 88.3 Å². The number of piperidine rings is 1. The second kappa shape index (κ2) is 7.85. The lowest BCUT2D eigenvalue weighted by Crippen LogP contribution is -2.45. The zero-order valence-electron chi connectivity index (χ0n) is 18.6. The lowest BCUT2D eigenvalue weighted by Gasteiger charge is -2.27. The van der Waals surface area contributed by atoms with Crippen molar-refractivity contribution in [3.05, 3.63) is 57.5 Å². The van der Waals surface area contributed by atoms with Crippen molar-refractivity contribution in [1.29, 1.82) is 0 Å². The number of carbonyl (C=O) groups is 2. The molecule has 7 nitrogen and oxygen atoms in total. The molecule has 0 radical (unpaired) electrons. The normalized spacial score (nSPS) is 21.5. The second-order valence-electron chi connectivity index (χ2n) is 8.87. The van der Waals surface area contributed by atoms with Gasteiger partial charge in [0.25, 0.3) is 11.8 Å². The van der Waals surface area contributed by atoms with Crippen LogP contribution in [0, 0.1) is 39.5 Å². The van der Waals surface area contributed by atoms with Gasteiger partial charge in [-0.3, -0.25) is 9.59 Å². The summed E-state index contributed by atoms with van der Waals surface area (Å²) in [5.41, 5.74) is 3.73. The molecule has 2 aromatic heterocycles. The third kappa shape index (κ3) is 3.62. The van der Waals surface area contributed by atoms with Crippen LogP contribution in [0.5, 0.6) is 0 Å². The van der Waals surface area contributed by atoms with Crippen molar-refractivity contribution in [1.82, 2.24) is 20.4 Å². The van der Waals surface area contributed by atoms with Crippen LogP contribution in [0.15, 0.2) is 28.8 Å². The number of benzene rings is 1. The average molecular weight is 451 g/mol. The Bertz CT molecular complexity index is 1190. The van der Waals surface area contributed by atoms with Gasteiger partial charge in [0.2, 0.25) is 0 Å². The number of aryl methyl sites for hydroxylation is 4. The molecule has 1 saturated heterocycles. The van der Waals surface area contributed by atoms with Crippen molar-refractivity contribution in [2.75, 3.05) is 13.1 Å². The first kappa shape index (κ1) is 20.9. The van der Waals surface area contributed by atoms with Crippen LogP contribution in [-0.4, -0.2) is 46.0 Å². The monoisotopic (exact) mass is 450 g/mol. The van der Waals surface area contributed by atoms with E-state index in [-0.39, 0.29) is 17.9 Å². The van der Waals surface area contributed by atoms with Crippen molar-refractivity contribution in [3.63, 3.8) is 0 Å². The van der Waals surface area contributed by atoms with E-state index in [0.29, 0.717) is 41.1 Å². The molecule has 1 aromatic carbocycles. The Labute approximate surface area is 190 Å². The van der Waals surface area contributed by atoms with E-state index in [1.54, 1.807) is 25.2 Å². The van der Waals surface area contributed by atoms with Crippen LogP contribution in [0.3, 0.4) is 0 Å². The number of carbonyl (C=O) groups excluding carboxylic acids is 2. The first-order chi connectivity index (χ1) is 15.3. The highest BCUT2D eigenvalue weighted by Crippen LogP contribution is 2.50. The van der Waals surface area contributed by atoms with E-state index in [2.05, 4.69) is 21.5 Å². The van der Waals surface area contributed by atoms with Gasteiger partial charge in [-0.05, 0) is 51.5 Å². The third-order valence-corrected chi connectivity index (χ3v) is 7.53. The minimum atomic E-state index is -0.206. The Morgan fingerprint density at radius 1 is 1.25 bits per heavy atom. The summed E-state index contributed by atoms with van der Waals surface area (Å²) in [4.78, 5) is 33.8. The van der Waals surface area contributed by atoms with Gasteiger partial charge in [0.05, 0.1) is 21.6 Å². The molecular weight excluding hydrogens is 424 g/mol. The first-order valence-electron chi connectivity index (χ1n) is 10.9. The summed E-state index contributed by atoms with van der Waals surface area (Å²) < 4.78 is 5.12. The number of nitrogens with zero attached hydrogens (tertiary/aromatic N) is 3. The molecule has 1 aliphatic carbocycles. The molecule has 32 heavy (non-hydrogen) atoms. The van der Waals surface area contributed by atoms with Crippen molar-refractivity contribution < 1.29 is 14.1 Å². The van der Waals surface area contributed by atoms with Crippen molar-refractivity contribution in [2.45, 2.75) is 40.2 Å². The molecule has 1 N–H and O–H groups in total. The maximum absolute atomic E-state index is 13.6. The summed E-state index contributed by atoms with van der Waals surface area (Å²) >= 11 is 1.55. The molecule has 1 saturated carbocycles. The number of likely N-dealkylation sites (tertiary alicyclic amines) is 1. The van der Waals surface area contributed by atoms with E-state index in [1.165, 1.54) is 0 Å². The molecule has 3 atom stereocenters. The summed E-state index contributed by atoms with van der Waals surface area (Å²) in [5, 5.41) is 7.75. The number of rotatable bonds is 5. The van der Waals surface area contributed by atoms with Gasteiger partial charge in [-0.1, -0.05) is 35.0 Å². The van der Waals surface area contributed by atoms with E-state index in [1.807, 2.05) is 36.9 Å². The number of hydrogen-bond donors (Lipinski definition) is 1. The van der Waals surface area contributed by atoms with E-state index < -0.39 is 0 Å². The van der Waals surface area contributed by atoms with Crippen molar-refractivity contribution in [3.8, 4) is 10.4 Å². The number of thiazole rings is 1. The number of aromatic nitrogens is 2. The zero-order valence-corrected chi connectivity index (χ0v) is 19.5. The van der Waals surface area contributed by atoms with Crippen LogP contribution < -0.4 is 5.32 Å². The fourth-order valence-corrected chi connectivity index (χ4v) is 5.76. The highest BCUT2D eigenvalue weighted by Gasteiger charge is 2.54. The maximum atomic E-state index is 13.6. The van der Waals surface area contributed by atoms with Gasteiger partial charge in [-0.15, -0.1) is 11.3 Å². The Kier molecular flexibility index (Phi) is 5.12. The second-order valence-corrected chi connectivity index (χ2v) is 10.1. The predicted octanol–water partition coefficient (Wildman–Crippen LogP) is 3.92. The van der Waals surface area contributed by atoms with Crippen LogP contribution in [0.2, 0.25) is 0 Å².